The van der Waals surface area contributed by atoms with Gasteiger partial charge in [-0.3, -0.25) is 14.7 Å². The molecule has 2 aromatic carbocycles. The summed E-state index contributed by atoms with van der Waals surface area (Å²) in [5.41, 5.74) is 2.53. The van der Waals surface area contributed by atoms with Gasteiger partial charge in [-0.2, -0.15) is 0 Å². The van der Waals surface area contributed by atoms with Gasteiger partial charge in [0, 0.05) is 25.5 Å². The molecule has 0 unspecified atom stereocenters. The zero-order valence-corrected chi connectivity index (χ0v) is 20.2. The fourth-order valence-corrected chi connectivity index (χ4v) is 4.13. The van der Waals surface area contributed by atoms with E-state index in [1.165, 1.54) is 0 Å². The zero-order valence-electron chi connectivity index (χ0n) is 20.2. The van der Waals surface area contributed by atoms with Gasteiger partial charge in [0.1, 0.15) is 29.6 Å². The van der Waals surface area contributed by atoms with Crippen molar-refractivity contribution in [2.24, 2.45) is 0 Å². The Balaban J connectivity index is 1.41. The zero-order chi connectivity index (χ0) is 25.1. The molecule has 0 aliphatic carbocycles. The molecule has 8 nitrogen and oxygen atoms in total. The molecule has 36 heavy (non-hydrogen) atoms. The number of pyridine rings is 1. The van der Waals surface area contributed by atoms with Crippen molar-refractivity contribution in [3.8, 4) is 17.2 Å². The summed E-state index contributed by atoms with van der Waals surface area (Å²) in [6.45, 7) is 5.66. The van der Waals surface area contributed by atoms with Crippen LogP contribution in [-0.4, -0.2) is 29.2 Å². The molecule has 0 saturated carbocycles. The Morgan fingerprint density at radius 3 is 2.72 bits per heavy atom. The second-order valence-electron chi connectivity index (χ2n) is 8.62. The van der Waals surface area contributed by atoms with Gasteiger partial charge in [-0.25, -0.2) is 4.79 Å². The smallest absolute Gasteiger partial charge is 0.338 e. The first kappa shape index (κ1) is 23.6. The largest absolute Gasteiger partial charge is 0.478 e. The lowest BCUT2D eigenvalue weighted by Crippen LogP contribution is -2.31. The summed E-state index contributed by atoms with van der Waals surface area (Å²) in [6.07, 6.45) is 4.32. The number of benzene rings is 2. The van der Waals surface area contributed by atoms with Crippen LogP contribution in [0.2, 0.25) is 0 Å². The first-order valence-corrected chi connectivity index (χ1v) is 11.8. The monoisotopic (exact) mass is 486 g/mol. The number of hydrogen-bond donors (Lipinski definition) is 0. The van der Waals surface area contributed by atoms with Gasteiger partial charge in [0.25, 0.3) is 0 Å². The first-order chi connectivity index (χ1) is 17.5. The third-order valence-electron chi connectivity index (χ3n) is 5.90. The normalized spacial score (nSPS) is 13.2. The van der Waals surface area contributed by atoms with E-state index >= 15 is 0 Å². The molecule has 0 bridgehead atoms. The number of nitrogens with zero attached hydrogens (tertiary/aromatic N) is 2. The molecule has 0 amide bonds. The van der Waals surface area contributed by atoms with E-state index in [1.807, 2.05) is 25.3 Å². The van der Waals surface area contributed by atoms with E-state index in [4.69, 9.17) is 18.6 Å². The average Bonchev–Trinajstić information content (AvgIpc) is 2.90. The Labute approximate surface area is 208 Å². The molecule has 0 fully saturated rings. The van der Waals surface area contributed by atoms with Crippen molar-refractivity contribution in [3.05, 3.63) is 93.6 Å². The van der Waals surface area contributed by atoms with E-state index in [0.717, 1.165) is 17.5 Å². The number of carbonyl (C=O) groups is 1. The Morgan fingerprint density at radius 1 is 1.14 bits per heavy atom. The minimum atomic E-state index is -0.394. The summed E-state index contributed by atoms with van der Waals surface area (Å²) < 4.78 is 23.1. The summed E-state index contributed by atoms with van der Waals surface area (Å²) in [7, 11) is 0. The molecule has 184 valence electrons. The van der Waals surface area contributed by atoms with Gasteiger partial charge in [-0.15, -0.1) is 0 Å². The Kier molecular flexibility index (Phi) is 6.69. The predicted molar refractivity (Wildman–Crippen MR) is 133 cm³/mol. The van der Waals surface area contributed by atoms with Gasteiger partial charge < -0.3 is 18.6 Å². The number of carbonyl (C=O) groups excluding carboxylic acids is 1. The predicted octanol–water partition coefficient (Wildman–Crippen LogP) is 5.21. The average molecular weight is 487 g/mol. The molecule has 0 spiro atoms. The maximum absolute atomic E-state index is 13.4. The highest BCUT2D eigenvalue weighted by molar-refractivity contribution is 5.89. The standard InChI is InChI=1S/C28H26N2O6/c1-3-13-33-28(32)20-6-8-21(9-7-20)36-26-18(2)35-27-22(25(26)31)10-11-24-23(27)16-30(17-34-24)15-19-5-4-12-29-14-19/h4-12,14H,3,13,15-17H2,1-2H3. The van der Waals surface area contributed by atoms with Crippen LogP contribution < -0.4 is 14.9 Å². The van der Waals surface area contributed by atoms with Gasteiger partial charge in [-0.1, -0.05) is 13.0 Å². The number of hydrogen-bond acceptors (Lipinski definition) is 8. The molecule has 2 aromatic heterocycles. The van der Waals surface area contributed by atoms with Crippen LogP contribution in [0, 0.1) is 6.92 Å². The number of aromatic nitrogens is 1. The number of ether oxygens (including phenoxy) is 3. The Hall–Kier alpha value is -4.17. The van der Waals surface area contributed by atoms with Crippen LogP contribution in [0.3, 0.4) is 0 Å². The third-order valence-corrected chi connectivity index (χ3v) is 5.90. The van der Waals surface area contributed by atoms with Crippen LogP contribution in [0.4, 0.5) is 0 Å². The van der Waals surface area contributed by atoms with E-state index in [9.17, 15) is 9.59 Å². The van der Waals surface area contributed by atoms with Crippen LogP contribution in [0.15, 0.2) is 70.1 Å². The van der Waals surface area contributed by atoms with Gasteiger partial charge in [0.2, 0.25) is 11.2 Å². The molecule has 0 radical (unpaired) electrons. The molecule has 0 saturated heterocycles. The van der Waals surface area contributed by atoms with Crippen molar-refractivity contribution in [2.75, 3.05) is 13.3 Å². The van der Waals surface area contributed by atoms with Crippen molar-refractivity contribution in [2.45, 2.75) is 33.4 Å². The molecular weight excluding hydrogens is 460 g/mol. The first-order valence-electron chi connectivity index (χ1n) is 11.8. The third kappa shape index (κ3) is 4.81. The molecule has 1 aliphatic rings. The van der Waals surface area contributed by atoms with Crippen molar-refractivity contribution < 1.29 is 23.4 Å². The molecule has 5 rings (SSSR count). The fraction of sp³-hybridized carbons (Fsp3) is 0.250. The lowest BCUT2D eigenvalue weighted by molar-refractivity contribution is 0.0505. The SMILES string of the molecule is CCCOC(=O)c1ccc(Oc2c(C)oc3c4c(ccc3c2=O)OCN(Cc2cccnc2)C4)cc1. The lowest BCUT2D eigenvalue weighted by atomic mass is 10.1. The quantitative estimate of drug-likeness (QED) is 0.329. The number of aryl methyl sites for hydroxylation is 1. The highest BCUT2D eigenvalue weighted by Crippen LogP contribution is 2.34. The molecule has 8 heteroatoms. The summed E-state index contributed by atoms with van der Waals surface area (Å²) in [5, 5.41) is 0.418. The van der Waals surface area contributed by atoms with Crippen LogP contribution in [0.25, 0.3) is 11.0 Å². The molecule has 4 aromatic rings. The van der Waals surface area contributed by atoms with Crippen LogP contribution >= 0.6 is 0 Å². The molecule has 0 atom stereocenters. The van der Waals surface area contributed by atoms with Crippen molar-refractivity contribution in [1.29, 1.82) is 0 Å². The van der Waals surface area contributed by atoms with Gasteiger partial charge in [0.15, 0.2) is 0 Å². The van der Waals surface area contributed by atoms with Gasteiger partial charge in [-0.05, 0) is 61.4 Å². The highest BCUT2D eigenvalue weighted by atomic mass is 16.5. The van der Waals surface area contributed by atoms with Crippen LogP contribution in [0.5, 0.6) is 17.2 Å². The Bertz CT molecular complexity index is 1450. The number of esters is 1. The number of fused-ring (bicyclic) bond motifs is 3. The fourth-order valence-electron chi connectivity index (χ4n) is 4.13. The van der Waals surface area contributed by atoms with E-state index in [2.05, 4.69) is 9.88 Å². The molecular formula is C28H26N2O6. The van der Waals surface area contributed by atoms with E-state index in [1.54, 1.807) is 49.5 Å². The minimum Gasteiger partial charge on any atom is -0.478 e. The van der Waals surface area contributed by atoms with Crippen LogP contribution in [0.1, 0.15) is 40.6 Å². The maximum Gasteiger partial charge on any atom is 0.338 e. The summed E-state index contributed by atoms with van der Waals surface area (Å²) in [6, 6.07) is 13.9. The maximum atomic E-state index is 13.4. The van der Waals surface area contributed by atoms with Crippen LogP contribution in [-0.2, 0) is 17.8 Å². The summed E-state index contributed by atoms with van der Waals surface area (Å²) >= 11 is 0. The van der Waals surface area contributed by atoms with Gasteiger partial charge in [0.05, 0.1) is 23.1 Å². The summed E-state index contributed by atoms with van der Waals surface area (Å²) in [5.74, 6) is 1.19. The molecule has 0 N–H and O–H groups in total. The molecule has 3 heterocycles. The van der Waals surface area contributed by atoms with Crippen molar-refractivity contribution >= 4 is 16.9 Å². The van der Waals surface area contributed by atoms with E-state index in [0.29, 0.717) is 60.2 Å². The lowest BCUT2D eigenvalue weighted by Gasteiger charge is -2.29. The van der Waals surface area contributed by atoms with Crippen molar-refractivity contribution in [3.63, 3.8) is 0 Å². The van der Waals surface area contributed by atoms with E-state index < -0.39 is 5.97 Å². The Morgan fingerprint density at radius 2 is 1.97 bits per heavy atom. The second kappa shape index (κ2) is 10.2. The van der Waals surface area contributed by atoms with E-state index in [-0.39, 0.29) is 11.2 Å². The highest BCUT2D eigenvalue weighted by Gasteiger charge is 2.24. The van der Waals surface area contributed by atoms with Crippen molar-refractivity contribution in [1.82, 2.24) is 9.88 Å². The number of rotatable bonds is 7. The second-order valence-corrected chi connectivity index (χ2v) is 8.62. The topological polar surface area (TPSA) is 91.1 Å². The molecule has 1 aliphatic heterocycles. The minimum absolute atomic E-state index is 0.104. The summed E-state index contributed by atoms with van der Waals surface area (Å²) in [4.78, 5) is 31.7. The van der Waals surface area contributed by atoms with Gasteiger partial charge >= 0.3 is 5.97 Å².